The van der Waals surface area contributed by atoms with E-state index >= 15 is 0 Å². The molecular formula is C51H42N6. The summed E-state index contributed by atoms with van der Waals surface area (Å²) in [7, 11) is 0. The van der Waals surface area contributed by atoms with Crippen molar-refractivity contribution in [3.05, 3.63) is 242 Å². The van der Waals surface area contributed by atoms with Crippen LogP contribution in [0.5, 0.6) is 0 Å². The second kappa shape index (κ2) is 18.1. The van der Waals surface area contributed by atoms with Crippen molar-refractivity contribution in [2.75, 3.05) is 26.5 Å². The summed E-state index contributed by atoms with van der Waals surface area (Å²) in [6.07, 6.45) is 3.81. The van der Waals surface area contributed by atoms with E-state index in [2.05, 4.69) is 180 Å². The van der Waals surface area contributed by atoms with Crippen molar-refractivity contribution >= 4 is 57.9 Å². The van der Waals surface area contributed by atoms with Gasteiger partial charge in [-0.3, -0.25) is 0 Å². The van der Waals surface area contributed by atoms with Crippen LogP contribution in [0.25, 0.3) is 0 Å². The molecule has 6 heteroatoms. The number of anilines is 8. The minimum atomic E-state index is 0.378. The van der Waals surface area contributed by atoms with Crippen LogP contribution >= 0.6 is 0 Å². The van der Waals surface area contributed by atoms with Gasteiger partial charge in [0.05, 0.1) is 23.8 Å². The summed E-state index contributed by atoms with van der Waals surface area (Å²) in [5.41, 5.74) is 10.4. The average molecular weight is 739 g/mol. The van der Waals surface area contributed by atoms with Crippen LogP contribution in [0.2, 0.25) is 0 Å². The first-order chi connectivity index (χ1) is 28.3. The molecule has 0 unspecified atom stereocenters. The monoisotopic (exact) mass is 738 g/mol. The summed E-state index contributed by atoms with van der Waals surface area (Å²) in [6.45, 7) is 0.378. The van der Waals surface area contributed by atoms with Crippen LogP contribution in [-0.2, 0) is 0 Å². The Morgan fingerprint density at radius 2 is 0.491 bits per heavy atom. The molecule has 8 rings (SSSR count). The third-order valence-corrected chi connectivity index (χ3v) is 9.43. The Bertz CT molecular complexity index is 2200. The van der Waals surface area contributed by atoms with Crippen LogP contribution < -0.4 is 19.8 Å². The van der Waals surface area contributed by atoms with Gasteiger partial charge in [-0.15, -0.1) is 0 Å². The average Bonchev–Trinajstić information content (AvgIpc) is 3.29. The first-order valence-corrected chi connectivity index (χ1v) is 19.0. The predicted octanol–water partition coefficient (Wildman–Crippen LogP) is 13.0. The minimum absolute atomic E-state index is 0.378. The fourth-order valence-corrected chi connectivity index (χ4v) is 6.59. The van der Waals surface area contributed by atoms with Gasteiger partial charge in [-0.2, -0.15) is 10.2 Å². The minimum Gasteiger partial charge on any atom is -0.311 e. The van der Waals surface area contributed by atoms with Crippen molar-refractivity contribution in [3.63, 3.8) is 0 Å². The summed E-state index contributed by atoms with van der Waals surface area (Å²) in [6, 6.07) is 79.1. The molecule has 276 valence electrons. The molecule has 0 amide bonds. The Hall–Kier alpha value is -7.70. The number of nitrogens with zero attached hydrogens (tertiary/aromatic N) is 6. The molecular weight excluding hydrogens is 697 g/mol. The van der Waals surface area contributed by atoms with E-state index in [9.17, 15) is 0 Å². The zero-order valence-corrected chi connectivity index (χ0v) is 31.5. The van der Waals surface area contributed by atoms with Crippen LogP contribution in [0.1, 0.15) is 11.1 Å². The Kier molecular flexibility index (Phi) is 11.5. The van der Waals surface area contributed by atoms with Crippen molar-refractivity contribution in [2.45, 2.75) is 0 Å². The molecule has 0 radical (unpaired) electrons. The van der Waals surface area contributed by atoms with E-state index in [4.69, 9.17) is 10.2 Å². The fraction of sp³-hybridized carbons (Fsp3) is 0.0196. The summed E-state index contributed by atoms with van der Waals surface area (Å²) < 4.78 is 0. The molecule has 8 aromatic rings. The highest BCUT2D eigenvalue weighted by Crippen LogP contribution is 2.35. The van der Waals surface area contributed by atoms with Gasteiger partial charge in [-0.25, -0.2) is 10.0 Å². The van der Waals surface area contributed by atoms with Crippen molar-refractivity contribution in [1.82, 2.24) is 0 Å². The fourth-order valence-electron chi connectivity index (χ4n) is 6.59. The number of benzene rings is 8. The van der Waals surface area contributed by atoms with E-state index in [1.54, 1.807) is 0 Å². The Morgan fingerprint density at radius 3 is 0.754 bits per heavy atom. The second-order valence-corrected chi connectivity index (χ2v) is 13.3. The number of para-hydroxylation sites is 6. The van der Waals surface area contributed by atoms with Gasteiger partial charge in [0.25, 0.3) is 0 Å². The van der Waals surface area contributed by atoms with Gasteiger partial charge in [-0.05, 0) is 108 Å². The Morgan fingerprint density at radius 1 is 0.263 bits per heavy atom. The lowest BCUT2D eigenvalue weighted by atomic mass is 10.1. The van der Waals surface area contributed by atoms with Crippen molar-refractivity contribution in [3.8, 4) is 0 Å². The SMILES string of the molecule is C(=N\N(CN(/N=C/c1ccc(N(c2ccccc2)c2ccccc2)cc1)c1ccccc1)c1ccccc1)/c1ccc(N(c2ccccc2)c2ccccc2)cc1. The van der Waals surface area contributed by atoms with Crippen molar-refractivity contribution < 1.29 is 0 Å². The highest BCUT2D eigenvalue weighted by atomic mass is 15.6. The summed E-state index contributed by atoms with van der Waals surface area (Å²) in [4.78, 5) is 4.51. The maximum atomic E-state index is 5.04. The standard InChI is InChI=1S/C51H42N6/c1-7-19-44(20-8-1)54(52-39-42-31-35-50(36-32-42)56(46-23-11-3-12-24-46)47-25-13-4-14-26-47)41-55(45-21-9-2-10-22-45)53-40-43-33-37-51(38-34-43)57(48-27-15-5-16-28-48)49-29-17-6-18-30-49/h1-40H,41H2/b52-39+,53-40+. The summed E-state index contributed by atoms with van der Waals surface area (Å²) in [5, 5.41) is 14.0. The molecule has 0 saturated heterocycles. The molecule has 0 fully saturated rings. The molecule has 0 N–H and O–H groups in total. The number of hydrazone groups is 2. The van der Waals surface area contributed by atoms with Gasteiger partial charge >= 0.3 is 0 Å². The van der Waals surface area contributed by atoms with Gasteiger partial charge in [0.1, 0.15) is 6.67 Å². The molecule has 0 saturated carbocycles. The van der Waals surface area contributed by atoms with Gasteiger partial charge in [0.2, 0.25) is 0 Å². The summed E-state index contributed by atoms with van der Waals surface area (Å²) in [5.74, 6) is 0. The second-order valence-electron chi connectivity index (χ2n) is 13.3. The quantitative estimate of drug-likeness (QED) is 0.0632. The maximum Gasteiger partial charge on any atom is 0.134 e. The van der Waals surface area contributed by atoms with E-state index < -0.39 is 0 Å². The van der Waals surface area contributed by atoms with Gasteiger partial charge < -0.3 is 9.80 Å². The van der Waals surface area contributed by atoms with Crippen LogP contribution in [0.4, 0.5) is 45.5 Å². The van der Waals surface area contributed by atoms with Crippen LogP contribution in [0.3, 0.4) is 0 Å². The molecule has 8 aromatic carbocycles. The third-order valence-electron chi connectivity index (χ3n) is 9.43. The van der Waals surface area contributed by atoms with E-state index in [1.807, 2.05) is 83.1 Å². The molecule has 0 bridgehead atoms. The zero-order chi connectivity index (χ0) is 38.5. The van der Waals surface area contributed by atoms with Crippen LogP contribution in [0.15, 0.2) is 241 Å². The molecule has 57 heavy (non-hydrogen) atoms. The lowest BCUT2D eigenvalue weighted by Crippen LogP contribution is -2.32. The van der Waals surface area contributed by atoms with Crippen LogP contribution in [0, 0.1) is 0 Å². The normalized spacial score (nSPS) is 11.1. The van der Waals surface area contributed by atoms with Crippen molar-refractivity contribution in [1.29, 1.82) is 0 Å². The van der Waals surface area contributed by atoms with E-state index in [0.717, 1.165) is 56.6 Å². The highest BCUT2D eigenvalue weighted by Gasteiger charge is 2.15. The molecule has 0 aliphatic heterocycles. The third kappa shape index (κ3) is 9.16. The largest absolute Gasteiger partial charge is 0.311 e. The van der Waals surface area contributed by atoms with Crippen molar-refractivity contribution in [2.24, 2.45) is 10.2 Å². The first kappa shape index (κ1) is 36.3. The number of hydrogen-bond donors (Lipinski definition) is 0. The first-order valence-electron chi connectivity index (χ1n) is 19.0. The van der Waals surface area contributed by atoms with Gasteiger partial charge in [0, 0.05) is 34.1 Å². The van der Waals surface area contributed by atoms with E-state index in [-0.39, 0.29) is 0 Å². The Balaban J connectivity index is 1.05. The molecule has 0 aromatic heterocycles. The molecule has 0 atom stereocenters. The molecule has 0 spiro atoms. The number of hydrogen-bond acceptors (Lipinski definition) is 6. The number of rotatable bonds is 14. The smallest absolute Gasteiger partial charge is 0.134 e. The van der Waals surface area contributed by atoms with E-state index in [0.29, 0.717) is 6.67 Å². The highest BCUT2D eigenvalue weighted by molar-refractivity contribution is 5.85. The van der Waals surface area contributed by atoms with Crippen LogP contribution in [-0.4, -0.2) is 19.1 Å². The molecule has 6 nitrogen and oxygen atoms in total. The van der Waals surface area contributed by atoms with E-state index in [1.165, 1.54) is 0 Å². The lowest BCUT2D eigenvalue weighted by Gasteiger charge is -2.27. The molecule has 0 aliphatic carbocycles. The van der Waals surface area contributed by atoms with Gasteiger partial charge in [-0.1, -0.05) is 133 Å². The molecule has 0 heterocycles. The van der Waals surface area contributed by atoms with Gasteiger partial charge in [0.15, 0.2) is 0 Å². The molecule has 0 aliphatic rings. The Labute approximate surface area is 335 Å². The summed E-state index contributed by atoms with van der Waals surface area (Å²) >= 11 is 0. The zero-order valence-electron chi connectivity index (χ0n) is 31.5. The predicted molar refractivity (Wildman–Crippen MR) is 240 cm³/mol. The lowest BCUT2D eigenvalue weighted by molar-refractivity contribution is 0.778. The maximum absolute atomic E-state index is 5.04. The topological polar surface area (TPSA) is 37.7 Å².